The number of hydrogen-bond donors (Lipinski definition) is 0. The predicted molar refractivity (Wildman–Crippen MR) is 80.2 cm³/mol. The van der Waals surface area contributed by atoms with Gasteiger partial charge in [0.2, 0.25) is 0 Å². The second-order valence-corrected chi connectivity index (χ2v) is 3.79. The normalized spacial score (nSPS) is 15.1. The Labute approximate surface area is 128 Å². The molecule has 2 aliphatic rings. The van der Waals surface area contributed by atoms with Crippen LogP contribution in [-0.2, 0) is 19.2 Å². The van der Waals surface area contributed by atoms with Gasteiger partial charge in [-0.2, -0.15) is 12.2 Å². The van der Waals surface area contributed by atoms with E-state index in [4.69, 9.17) is 0 Å². The third kappa shape index (κ3) is 8.91. The Kier molecular flexibility index (Phi) is 17.0. The topological polar surface area (TPSA) is 0 Å². The molecule has 0 amide bonds. The van der Waals surface area contributed by atoms with Crippen LogP contribution < -0.4 is 0 Å². The molecule has 0 nitrogen and oxygen atoms in total. The van der Waals surface area contributed by atoms with Gasteiger partial charge in [-0.25, -0.2) is 22.3 Å². The fraction of sp³-hybridized carbons (Fsp3) is 0.375. The molecule has 0 saturated heterocycles. The number of hydrogen-bond acceptors (Lipinski definition) is 0. The molecular weight excluding hydrogens is 268 g/mol. The van der Waals surface area contributed by atoms with Crippen LogP contribution >= 0.6 is 0 Å². The zero-order chi connectivity index (χ0) is 12.6. The molecule has 0 aromatic carbocycles. The molecule has 0 saturated carbocycles. The SMILES string of the molecule is CC1=[C-]CC=C1C.CC1=[C-]CC=C1C.[CH3-].[CH3-].[Si]=[Ti]. The molecule has 0 bridgehead atoms. The summed E-state index contributed by atoms with van der Waals surface area (Å²) >= 11 is 1.81. The van der Waals surface area contributed by atoms with E-state index in [9.17, 15) is 0 Å². The molecule has 2 aliphatic carbocycles. The van der Waals surface area contributed by atoms with Crippen LogP contribution in [-0.4, -0.2) is 7.63 Å². The molecule has 0 aromatic heterocycles. The Hall–Kier alpha value is -0.109. The van der Waals surface area contributed by atoms with Gasteiger partial charge in [-0.3, -0.25) is 12.2 Å². The van der Waals surface area contributed by atoms with Crippen molar-refractivity contribution in [1.29, 1.82) is 0 Å². The van der Waals surface area contributed by atoms with Gasteiger partial charge < -0.3 is 14.9 Å². The standard InChI is InChI=1S/2C7H9.2CH3.Si.Ti/c2*1-6-4-3-5-7(6)2;;;;/h2*4H,3H2,1-2H3;2*1H3;;/q4*-1;;. The van der Waals surface area contributed by atoms with Crippen LogP contribution in [0, 0.1) is 27.0 Å². The number of allylic oxidation sites excluding steroid dienone is 8. The Morgan fingerprint density at radius 2 is 1.11 bits per heavy atom. The molecule has 2 radical (unpaired) electrons. The summed E-state index contributed by atoms with van der Waals surface area (Å²) in [7, 11) is 2.97. The van der Waals surface area contributed by atoms with Crippen LogP contribution in [0.4, 0.5) is 0 Å². The van der Waals surface area contributed by atoms with E-state index < -0.39 is 0 Å². The quantitative estimate of drug-likeness (QED) is 0.449. The van der Waals surface area contributed by atoms with E-state index in [-0.39, 0.29) is 14.9 Å². The van der Waals surface area contributed by atoms with Crippen LogP contribution in [0.2, 0.25) is 0 Å². The van der Waals surface area contributed by atoms with Gasteiger partial charge >= 0.3 is 26.8 Å². The fourth-order valence-corrected chi connectivity index (χ4v) is 1.30. The first-order chi connectivity index (χ1) is 7.61. The molecule has 0 aromatic rings. The second kappa shape index (κ2) is 13.3. The van der Waals surface area contributed by atoms with E-state index >= 15 is 0 Å². The van der Waals surface area contributed by atoms with Crippen molar-refractivity contribution in [3.05, 3.63) is 61.4 Å². The number of rotatable bonds is 0. The van der Waals surface area contributed by atoms with Gasteiger partial charge in [0.15, 0.2) is 0 Å². The summed E-state index contributed by atoms with van der Waals surface area (Å²) in [5.41, 5.74) is 5.42. The van der Waals surface area contributed by atoms with Crippen molar-refractivity contribution in [3.8, 4) is 0 Å². The zero-order valence-electron chi connectivity index (χ0n) is 12.6. The van der Waals surface area contributed by atoms with Crippen molar-refractivity contribution < 1.29 is 19.2 Å². The maximum atomic E-state index is 3.19. The molecule has 0 atom stereocenters. The van der Waals surface area contributed by atoms with Crippen molar-refractivity contribution in [3.63, 3.8) is 0 Å². The molecule has 0 N–H and O–H groups in total. The van der Waals surface area contributed by atoms with E-state index in [0.29, 0.717) is 0 Å². The fourth-order valence-electron chi connectivity index (χ4n) is 1.30. The monoisotopic (exact) mass is 292 g/mol. The molecular formula is C16H24SiTi-4. The molecule has 0 heterocycles. The van der Waals surface area contributed by atoms with Crippen molar-refractivity contribution in [2.24, 2.45) is 0 Å². The van der Waals surface area contributed by atoms with Gasteiger partial charge in [0.1, 0.15) is 0 Å². The summed E-state index contributed by atoms with van der Waals surface area (Å²) in [6.45, 7) is 8.43. The second-order valence-electron chi connectivity index (χ2n) is 3.79. The molecule has 18 heavy (non-hydrogen) atoms. The predicted octanol–water partition coefficient (Wildman–Crippen LogP) is 4.69. The minimum absolute atomic E-state index is 0. The summed E-state index contributed by atoms with van der Waals surface area (Å²) in [6, 6.07) is 0. The Balaban J connectivity index is -0.000000200. The Bertz CT molecular complexity index is 280. The average molecular weight is 292 g/mol. The summed E-state index contributed by atoms with van der Waals surface area (Å²) < 4.78 is 0. The minimum atomic E-state index is 0. The van der Waals surface area contributed by atoms with Crippen LogP contribution in [0.5, 0.6) is 0 Å². The van der Waals surface area contributed by atoms with E-state index in [0.717, 1.165) is 12.8 Å². The molecule has 2 rings (SSSR count). The molecule has 0 aliphatic heterocycles. The van der Waals surface area contributed by atoms with Crippen LogP contribution in [0.3, 0.4) is 0 Å². The Morgan fingerprint density at radius 1 is 0.833 bits per heavy atom. The van der Waals surface area contributed by atoms with Gasteiger partial charge in [-0.15, -0.1) is 26.7 Å². The van der Waals surface area contributed by atoms with Crippen molar-refractivity contribution in [2.45, 2.75) is 40.5 Å². The molecule has 0 spiro atoms. The van der Waals surface area contributed by atoms with Gasteiger partial charge in [-0.1, -0.05) is 13.8 Å². The van der Waals surface area contributed by atoms with E-state index in [2.05, 4.69) is 59.6 Å². The Morgan fingerprint density at radius 3 is 1.17 bits per heavy atom. The van der Waals surface area contributed by atoms with Crippen molar-refractivity contribution in [2.75, 3.05) is 0 Å². The first-order valence-corrected chi connectivity index (χ1v) is 8.19. The summed E-state index contributed by atoms with van der Waals surface area (Å²) in [5, 5.41) is 0. The van der Waals surface area contributed by atoms with Crippen LogP contribution in [0.15, 0.2) is 34.4 Å². The average Bonchev–Trinajstić information content (AvgIpc) is 2.83. The van der Waals surface area contributed by atoms with Crippen LogP contribution in [0.1, 0.15) is 40.5 Å². The van der Waals surface area contributed by atoms with E-state index in [1.807, 2.05) is 0 Å². The van der Waals surface area contributed by atoms with Gasteiger partial charge in [0, 0.05) is 0 Å². The summed E-state index contributed by atoms with van der Waals surface area (Å²) in [6.07, 6.45) is 12.8. The summed E-state index contributed by atoms with van der Waals surface area (Å²) in [5.74, 6) is 0. The van der Waals surface area contributed by atoms with E-state index in [1.165, 1.54) is 22.3 Å². The third-order valence-electron chi connectivity index (χ3n) is 2.73. The first kappa shape index (κ1) is 23.0. The first-order valence-electron chi connectivity index (χ1n) is 5.35. The molecule has 2 heteroatoms. The zero-order valence-corrected chi connectivity index (χ0v) is 15.1. The van der Waals surface area contributed by atoms with E-state index in [1.54, 1.807) is 19.2 Å². The van der Waals surface area contributed by atoms with Crippen molar-refractivity contribution >= 4 is 7.63 Å². The third-order valence-corrected chi connectivity index (χ3v) is 2.73. The molecule has 100 valence electrons. The van der Waals surface area contributed by atoms with Gasteiger partial charge in [0.05, 0.1) is 0 Å². The molecule has 0 unspecified atom stereocenters. The van der Waals surface area contributed by atoms with Crippen molar-refractivity contribution in [1.82, 2.24) is 0 Å². The van der Waals surface area contributed by atoms with Gasteiger partial charge in [0.25, 0.3) is 0 Å². The summed E-state index contributed by atoms with van der Waals surface area (Å²) in [4.78, 5) is 0. The van der Waals surface area contributed by atoms with Crippen LogP contribution in [0.25, 0.3) is 0 Å². The molecule has 0 fully saturated rings. The van der Waals surface area contributed by atoms with Gasteiger partial charge in [-0.05, 0) is 0 Å². The maximum absolute atomic E-state index is 3.19.